The van der Waals surface area contributed by atoms with E-state index in [4.69, 9.17) is 4.74 Å². The van der Waals surface area contributed by atoms with Gasteiger partial charge in [-0.25, -0.2) is 0 Å². The Morgan fingerprint density at radius 2 is 1.69 bits per heavy atom. The SMILES string of the molecule is CCCCCCOc1ccc(/C=C2/C=C(c3ccccc3)CCC2)cc1. The Kier molecular flexibility index (Phi) is 7.13. The van der Waals surface area contributed by atoms with Crippen LogP contribution >= 0.6 is 0 Å². The fourth-order valence-electron chi connectivity index (χ4n) is 3.44. The number of hydrogen-bond donors (Lipinski definition) is 0. The Hall–Kier alpha value is -2.28. The third-order valence-corrected chi connectivity index (χ3v) is 4.91. The Bertz CT molecular complexity index is 723. The molecule has 0 fully saturated rings. The third-order valence-electron chi connectivity index (χ3n) is 4.91. The van der Waals surface area contributed by atoms with E-state index in [1.807, 2.05) is 0 Å². The van der Waals surface area contributed by atoms with E-state index in [0.717, 1.165) is 25.2 Å². The number of unbranched alkanes of at least 4 members (excludes halogenated alkanes) is 3. The molecule has 0 unspecified atom stereocenters. The van der Waals surface area contributed by atoms with Gasteiger partial charge in [0.15, 0.2) is 0 Å². The van der Waals surface area contributed by atoms with Crippen LogP contribution in [-0.2, 0) is 0 Å². The summed E-state index contributed by atoms with van der Waals surface area (Å²) in [6.07, 6.45) is 13.2. The van der Waals surface area contributed by atoms with Crippen molar-refractivity contribution in [2.45, 2.75) is 51.9 Å². The number of rotatable bonds is 8. The molecule has 136 valence electrons. The molecule has 1 aliphatic carbocycles. The second-order valence-electron chi connectivity index (χ2n) is 7.09. The standard InChI is InChI=1S/C25H30O/c1-2-3-4-8-18-26-25-16-14-21(15-17-25)19-22-10-9-13-24(20-22)23-11-6-5-7-12-23/h5-7,11-12,14-17,19-20H,2-4,8-10,13,18H2,1H3/b22-19+. The van der Waals surface area contributed by atoms with Gasteiger partial charge in [-0.1, -0.05) is 80.8 Å². The van der Waals surface area contributed by atoms with E-state index < -0.39 is 0 Å². The fraction of sp³-hybridized carbons (Fsp3) is 0.360. The zero-order valence-electron chi connectivity index (χ0n) is 15.9. The smallest absolute Gasteiger partial charge is 0.119 e. The minimum atomic E-state index is 0.823. The molecular weight excluding hydrogens is 316 g/mol. The molecule has 0 atom stereocenters. The van der Waals surface area contributed by atoms with E-state index in [9.17, 15) is 0 Å². The first-order valence-electron chi connectivity index (χ1n) is 10.0. The van der Waals surface area contributed by atoms with Crippen molar-refractivity contribution in [1.29, 1.82) is 0 Å². The molecule has 1 heteroatoms. The van der Waals surface area contributed by atoms with Gasteiger partial charge in [-0.2, -0.15) is 0 Å². The van der Waals surface area contributed by atoms with Crippen molar-refractivity contribution < 1.29 is 4.74 Å². The zero-order chi connectivity index (χ0) is 18.0. The lowest BCUT2D eigenvalue weighted by Gasteiger charge is -2.16. The summed E-state index contributed by atoms with van der Waals surface area (Å²) in [7, 11) is 0. The first-order chi connectivity index (χ1) is 12.8. The van der Waals surface area contributed by atoms with E-state index in [2.05, 4.69) is 73.7 Å². The average Bonchev–Trinajstić information content (AvgIpc) is 2.70. The molecule has 0 radical (unpaired) electrons. The van der Waals surface area contributed by atoms with Crippen LogP contribution in [0.25, 0.3) is 11.6 Å². The molecule has 0 saturated heterocycles. The maximum absolute atomic E-state index is 5.84. The van der Waals surface area contributed by atoms with Crippen molar-refractivity contribution in [3.8, 4) is 5.75 Å². The van der Waals surface area contributed by atoms with Crippen LogP contribution in [0.5, 0.6) is 5.75 Å². The van der Waals surface area contributed by atoms with Gasteiger partial charge in [0.1, 0.15) is 5.75 Å². The molecular formula is C25H30O. The molecule has 0 saturated carbocycles. The molecule has 1 aliphatic rings. The summed E-state index contributed by atoms with van der Waals surface area (Å²) >= 11 is 0. The van der Waals surface area contributed by atoms with Gasteiger partial charge in [0, 0.05) is 0 Å². The van der Waals surface area contributed by atoms with Gasteiger partial charge in [0.25, 0.3) is 0 Å². The fourth-order valence-corrected chi connectivity index (χ4v) is 3.44. The van der Waals surface area contributed by atoms with Gasteiger partial charge in [0.2, 0.25) is 0 Å². The molecule has 0 bridgehead atoms. The van der Waals surface area contributed by atoms with Crippen LogP contribution in [0.4, 0.5) is 0 Å². The van der Waals surface area contributed by atoms with Gasteiger partial charge in [-0.3, -0.25) is 0 Å². The number of benzene rings is 2. The van der Waals surface area contributed by atoms with Gasteiger partial charge in [-0.05, 0) is 60.1 Å². The predicted octanol–water partition coefficient (Wildman–Crippen LogP) is 7.30. The monoisotopic (exact) mass is 346 g/mol. The lowest BCUT2D eigenvalue weighted by atomic mass is 9.90. The average molecular weight is 347 g/mol. The molecule has 0 heterocycles. The second-order valence-corrected chi connectivity index (χ2v) is 7.09. The first-order valence-corrected chi connectivity index (χ1v) is 10.0. The van der Waals surface area contributed by atoms with E-state index in [1.54, 1.807) is 0 Å². The second kappa shape index (κ2) is 10.0. The van der Waals surface area contributed by atoms with E-state index >= 15 is 0 Å². The predicted molar refractivity (Wildman–Crippen MR) is 112 cm³/mol. The maximum Gasteiger partial charge on any atom is 0.119 e. The van der Waals surface area contributed by atoms with E-state index in [1.165, 1.54) is 54.4 Å². The van der Waals surface area contributed by atoms with Crippen LogP contribution in [0.2, 0.25) is 0 Å². The highest BCUT2D eigenvalue weighted by molar-refractivity contribution is 5.72. The molecule has 0 spiro atoms. The minimum Gasteiger partial charge on any atom is -0.494 e. The minimum absolute atomic E-state index is 0.823. The first kappa shape index (κ1) is 18.5. The summed E-state index contributed by atoms with van der Waals surface area (Å²) < 4.78 is 5.84. The molecule has 26 heavy (non-hydrogen) atoms. The largest absolute Gasteiger partial charge is 0.494 e. The van der Waals surface area contributed by atoms with Crippen molar-refractivity contribution in [2.75, 3.05) is 6.61 Å². The highest BCUT2D eigenvalue weighted by Gasteiger charge is 2.09. The van der Waals surface area contributed by atoms with Crippen LogP contribution in [0.1, 0.15) is 63.0 Å². The van der Waals surface area contributed by atoms with Crippen molar-refractivity contribution in [1.82, 2.24) is 0 Å². The summed E-state index contributed by atoms with van der Waals surface area (Å²) in [6.45, 7) is 3.06. The lowest BCUT2D eigenvalue weighted by molar-refractivity contribution is 0.305. The van der Waals surface area contributed by atoms with Gasteiger partial charge in [0.05, 0.1) is 6.61 Å². The summed E-state index contributed by atoms with van der Waals surface area (Å²) in [5, 5.41) is 0. The molecule has 0 aromatic heterocycles. The zero-order valence-corrected chi connectivity index (χ0v) is 15.9. The van der Waals surface area contributed by atoms with Crippen LogP contribution in [0.3, 0.4) is 0 Å². The number of hydrogen-bond acceptors (Lipinski definition) is 1. The molecule has 0 aliphatic heterocycles. The van der Waals surface area contributed by atoms with Crippen LogP contribution in [0.15, 0.2) is 66.2 Å². The van der Waals surface area contributed by atoms with E-state index in [0.29, 0.717) is 0 Å². The Morgan fingerprint density at radius 1 is 0.885 bits per heavy atom. The molecule has 2 aromatic carbocycles. The molecule has 3 rings (SSSR count). The van der Waals surface area contributed by atoms with Crippen molar-refractivity contribution in [3.63, 3.8) is 0 Å². The summed E-state index contributed by atoms with van der Waals surface area (Å²) in [6, 6.07) is 19.3. The van der Waals surface area contributed by atoms with Gasteiger partial charge in [-0.15, -0.1) is 0 Å². The highest BCUT2D eigenvalue weighted by atomic mass is 16.5. The topological polar surface area (TPSA) is 9.23 Å². The lowest BCUT2D eigenvalue weighted by Crippen LogP contribution is -1.97. The normalized spacial score (nSPS) is 15.7. The molecule has 0 amide bonds. The van der Waals surface area contributed by atoms with E-state index in [-0.39, 0.29) is 0 Å². The summed E-state index contributed by atoms with van der Waals surface area (Å²) in [5.41, 5.74) is 5.48. The summed E-state index contributed by atoms with van der Waals surface area (Å²) in [5.74, 6) is 0.979. The molecule has 1 nitrogen and oxygen atoms in total. The Labute approximate surface area is 158 Å². The van der Waals surface area contributed by atoms with Gasteiger partial charge < -0.3 is 4.74 Å². The quantitative estimate of drug-likeness (QED) is 0.456. The van der Waals surface area contributed by atoms with Crippen molar-refractivity contribution in [3.05, 3.63) is 77.4 Å². The molecule has 0 N–H and O–H groups in total. The van der Waals surface area contributed by atoms with Crippen molar-refractivity contribution in [2.24, 2.45) is 0 Å². The summed E-state index contributed by atoms with van der Waals surface area (Å²) in [4.78, 5) is 0. The van der Waals surface area contributed by atoms with Crippen LogP contribution in [-0.4, -0.2) is 6.61 Å². The van der Waals surface area contributed by atoms with Crippen LogP contribution < -0.4 is 4.74 Å². The van der Waals surface area contributed by atoms with Crippen LogP contribution in [0, 0.1) is 0 Å². The number of ether oxygens (including phenoxy) is 1. The van der Waals surface area contributed by atoms with Crippen molar-refractivity contribution >= 4 is 11.6 Å². The Morgan fingerprint density at radius 3 is 2.46 bits per heavy atom. The molecule has 2 aromatic rings. The number of allylic oxidation sites excluding steroid dienone is 3. The third kappa shape index (κ3) is 5.62. The maximum atomic E-state index is 5.84. The highest BCUT2D eigenvalue weighted by Crippen LogP contribution is 2.30. The Balaban J connectivity index is 1.60. The van der Waals surface area contributed by atoms with Gasteiger partial charge >= 0.3 is 0 Å².